The summed E-state index contributed by atoms with van der Waals surface area (Å²) in [5.41, 5.74) is 1.85. The van der Waals surface area contributed by atoms with Crippen LogP contribution in [0.15, 0.2) is 30.3 Å². The molecule has 1 aromatic carbocycles. The van der Waals surface area contributed by atoms with Crippen LogP contribution in [0.2, 0.25) is 0 Å². The van der Waals surface area contributed by atoms with Crippen LogP contribution in [0.4, 0.5) is 13.2 Å². The van der Waals surface area contributed by atoms with Crippen molar-refractivity contribution in [2.75, 3.05) is 5.75 Å². The highest BCUT2D eigenvalue weighted by molar-refractivity contribution is 8.00. The van der Waals surface area contributed by atoms with Gasteiger partial charge in [-0.2, -0.15) is 13.2 Å². The van der Waals surface area contributed by atoms with Crippen molar-refractivity contribution in [1.82, 2.24) is 5.32 Å². The molecule has 100 valence electrons. The zero-order valence-electron chi connectivity index (χ0n) is 9.41. The van der Waals surface area contributed by atoms with E-state index in [1.807, 2.05) is 6.07 Å². The van der Waals surface area contributed by atoms with Gasteiger partial charge in [-0.15, -0.1) is 0 Å². The highest BCUT2D eigenvalue weighted by Crippen LogP contribution is 2.30. The molecule has 0 aromatic heterocycles. The fraction of sp³-hybridized carbons (Fsp3) is 0.364. The van der Waals surface area contributed by atoms with Gasteiger partial charge < -0.3 is 11.1 Å². The van der Waals surface area contributed by atoms with Gasteiger partial charge in [0.05, 0.1) is 6.04 Å². The lowest BCUT2D eigenvalue weighted by Gasteiger charge is -2.13. The van der Waals surface area contributed by atoms with Crippen molar-refractivity contribution in [1.29, 1.82) is 0 Å². The van der Waals surface area contributed by atoms with Crippen LogP contribution < -0.4 is 11.1 Å². The normalized spacial score (nSPS) is 13.1. The Morgan fingerprint density at radius 1 is 1.33 bits per heavy atom. The van der Waals surface area contributed by atoms with E-state index in [0.717, 1.165) is 5.56 Å². The second-order valence-electron chi connectivity index (χ2n) is 3.57. The number of hydrogen-bond acceptors (Lipinski definition) is 3. The number of carbonyl (C=O) groups excluding carboxylic acids is 1. The molecule has 0 unspecified atom stereocenters. The molecule has 3 N–H and O–H groups in total. The largest absolute Gasteiger partial charge is 0.441 e. The molecule has 7 heteroatoms. The quantitative estimate of drug-likeness (QED) is 0.864. The number of nitrogens with one attached hydrogen (secondary N) is 1. The molecule has 0 heterocycles. The zero-order valence-corrected chi connectivity index (χ0v) is 10.2. The lowest BCUT2D eigenvalue weighted by Crippen LogP contribution is -2.42. The number of alkyl halides is 3. The van der Waals surface area contributed by atoms with E-state index >= 15 is 0 Å². The van der Waals surface area contributed by atoms with Crippen LogP contribution in [0.1, 0.15) is 5.56 Å². The summed E-state index contributed by atoms with van der Waals surface area (Å²) in [7, 11) is 0. The summed E-state index contributed by atoms with van der Waals surface area (Å²) in [6, 6.07) is 7.88. The summed E-state index contributed by atoms with van der Waals surface area (Å²) in [4.78, 5) is 11.4. The topological polar surface area (TPSA) is 55.1 Å². The Labute approximate surface area is 107 Å². The molecule has 0 fully saturated rings. The highest BCUT2D eigenvalue weighted by atomic mass is 32.2. The molecule has 3 nitrogen and oxygen atoms in total. The molecule has 0 aliphatic rings. The average molecular weight is 278 g/mol. The first kappa shape index (κ1) is 14.8. The number of nitrogens with two attached hydrogens (primary N) is 1. The molecule has 0 bridgehead atoms. The molecule has 1 amide bonds. The summed E-state index contributed by atoms with van der Waals surface area (Å²) >= 11 is -0.294. The molecule has 0 radical (unpaired) electrons. The summed E-state index contributed by atoms with van der Waals surface area (Å²) < 4.78 is 35.7. The number of rotatable bonds is 5. The standard InChI is InChI=1S/C11H13F3N2OS/c12-11(13,14)18-7-9(15)10(17)16-6-8-4-2-1-3-5-8/h1-5,9H,6-7,15H2,(H,16,17)/t9-/m0/s1. The van der Waals surface area contributed by atoms with E-state index in [1.54, 1.807) is 24.3 Å². The van der Waals surface area contributed by atoms with Gasteiger partial charge in [-0.3, -0.25) is 4.79 Å². The summed E-state index contributed by atoms with van der Waals surface area (Å²) in [5, 5.41) is 2.49. The lowest BCUT2D eigenvalue weighted by molar-refractivity contribution is -0.122. The van der Waals surface area contributed by atoms with Gasteiger partial charge in [0.2, 0.25) is 5.91 Å². The Kier molecular flexibility index (Phi) is 5.49. The Morgan fingerprint density at radius 3 is 2.50 bits per heavy atom. The Bertz CT molecular complexity index is 384. The van der Waals surface area contributed by atoms with E-state index in [1.165, 1.54) is 0 Å². The van der Waals surface area contributed by atoms with Gasteiger partial charge in [0.15, 0.2) is 0 Å². The number of thioether (sulfide) groups is 1. The van der Waals surface area contributed by atoms with Crippen LogP contribution in [-0.2, 0) is 11.3 Å². The van der Waals surface area contributed by atoms with Crippen molar-refractivity contribution >= 4 is 17.7 Å². The van der Waals surface area contributed by atoms with Crippen molar-refractivity contribution in [3.05, 3.63) is 35.9 Å². The third-order valence-electron chi connectivity index (χ3n) is 2.07. The minimum Gasteiger partial charge on any atom is -0.351 e. The second kappa shape index (κ2) is 6.65. The maximum atomic E-state index is 11.9. The third kappa shape index (κ3) is 5.92. The van der Waals surface area contributed by atoms with Crippen molar-refractivity contribution in [2.24, 2.45) is 5.73 Å². The van der Waals surface area contributed by atoms with Gasteiger partial charge in [0.1, 0.15) is 0 Å². The maximum Gasteiger partial charge on any atom is 0.441 e. The average Bonchev–Trinajstić information content (AvgIpc) is 2.33. The van der Waals surface area contributed by atoms with E-state index < -0.39 is 23.2 Å². The minimum absolute atomic E-state index is 0.254. The molecule has 0 spiro atoms. The first-order valence-electron chi connectivity index (χ1n) is 5.16. The SMILES string of the molecule is N[C@@H](CSC(F)(F)F)C(=O)NCc1ccccc1. The number of halogens is 3. The van der Waals surface area contributed by atoms with Crippen LogP contribution in [0.25, 0.3) is 0 Å². The van der Waals surface area contributed by atoms with Crippen LogP contribution in [0.3, 0.4) is 0 Å². The van der Waals surface area contributed by atoms with E-state index in [-0.39, 0.29) is 18.3 Å². The molecule has 1 atom stereocenters. The van der Waals surface area contributed by atoms with Gasteiger partial charge in [0, 0.05) is 12.3 Å². The van der Waals surface area contributed by atoms with Crippen molar-refractivity contribution in [3.8, 4) is 0 Å². The predicted octanol–water partition coefficient (Wildman–Crippen LogP) is 1.88. The van der Waals surface area contributed by atoms with Gasteiger partial charge in [-0.25, -0.2) is 0 Å². The summed E-state index contributed by atoms with van der Waals surface area (Å²) in [6.45, 7) is 0.254. The fourth-order valence-electron chi connectivity index (χ4n) is 1.18. The second-order valence-corrected chi connectivity index (χ2v) is 4.65. The van der Waals surface area contributed by atoms with E-state index in [2.05, 4.69) is 5.32 Å². The Balaban J connectivity index is 2.32. The van der Waals surface area contributed by atoms with E-state index in [4.69, 9.17) is 5.73 Å². The zero-order chi connectivity index (χ0) is 13.6. The molecular formula is C11H13F3N2OS. The molecule has 0 saturated carbocycles. The van der Waals surface area contributed by atoms with Gasteiger partial charge in [0.25, 0.3) is 0 Å². The van der Waals surface area contributed by atoms with Crippen molar-refractivity contribution < 1.29 is 18.0 Å². The fourth-order valence-corrected chi connectivity index (χ4v) is 1.70. The maximum absolute atomic E-state index is 11.9. The Morgan fingerprint density at radius 2 is 1.94 bits per heavy atom. The smallest absolute Gasteiger partial charge is 0.351 e. The molecular weight excluding hydrogens is 265 g/mol. The van der Waals surface area contributed by atoms with E-state index in [9.17, 15) is 18.0 Å². The number of carbonyl (C=O) groups is 1. The van der Waals surface area contributed by atoms with Crippen LogP contribution >= 0.6 is 11.8 Å². The van der Waals surface area contributed by atoms with Crippen LogP contribution in [-0.4, -0.2) is 23.2 Å². The summed E-state index contributed by atoms with van der Waals surface area (Å²) in [6.07, 6.45) is 0. The Hall–Kier alpha value is -1.21. The minimum atomic E-state index is -4.36. The first-order chi connectivity index (χ1) is 8.38. The predicted molar refractivity (Wildman–Crippen MR) is 64.8 cm³/mol. The lowest BCUT2D eigenvalue weighted by atomic mass is 10.2. The highest BCUT2D eigenvalue weighted by Gasteiger charge is 2.30. The molecule has 0 saturated heterocycles. The number of amides is 1. The molecule has 18 heavy (non-hydrogen) atoms. The van der Waals surface area contributed by atoms with E-state index in [0.29, 0.717) is 0 Å². The number of benzene rings is 1. The van der Waals surface area contributed by atoms with Gasteiger partial charge in [-0.1, -0.05) is 30.3 Å². The van der Waals surface area contributed by atoms with Gasteiger partial charge >= 0.3 is 5.51 Å². The molecule has 0 aliphatic heterocycles. The van der Waals surface area contributed by atoms with Gasteiger partial charge in [-0.05, 0) is 17.3 Å². The first-order valence-corrected chi connectivity index (χ1v) is 6.15. The molecule has 1 aromatic rings. The van der Waals surface area contributed by atoms with Crippen LogP contribution in [0.5, 0.6) is 0 Å². The van der Waals surface area contributed by atoms with Crippen LogP contribution in [0, 0.1) is 0 Å². The molecule has 0 aliphatic carbocycles. The van der Waals surface area contributed by atoms with Crippen molar-refractivity contribution in [3.63, 3.8) is 0 Å². The number of hydrogen-bond donors (Lipinski definition) is 2. The van der Waals surface area contributed by atoms with Crippen molar-refractivity contribution in [2.45, 2.75) is 18.1 Å². The third-order valence-corrected chi connectivity index (χ3v) is 2.93. The summed E-state index contributed by atoms with van der Waals surface area (Å²) in [5.74, 6) is -1.07. The molecule has 1 rings (SSSR count). The monoisotopic (exact) mass is 278 g/mol.